The van der Waals surface area contributed by atoms with E-state index in [0.29, 0.717) is 13.1 Å². The average molecular weight is 382 g/mol. The topological polar surface area (TPSA) is 61.4 Å². The minimum absolute atomic E-state index is 0.0369. The van der Waals surface area contributed by atoms with Crippen molar-refractivity contribution in [3.05, 3.63) is 70.4 Å². The molecule has 1 atom stereocenters. The van der Waals surface area contributed by atoms with Crippen molar-refractivity contribution in [1.29, 1.82) is 0 Å². The lowest BCUT2D eigenvalue weighted by Gasteiger charge is -2.26. The third-order valence-electron chi connectivity index (χ3n) is 4.47. The van der Waals surface area contributed by atoms with Crippen molar-refractivity contribution in [2.75, 3.05) is 20.6 Å². The second-order valence-electron chi connectivity index (χ2n) is 6.52. The Morgan fingerprint density at radius 2 is 1.70 bits per heavy atom. The molecule has 0 radical (unpaired) electrons. The van der Waals surface area contributed by atoms with E-state index in [9.17, 15) is 9.59 Å². The molecule has 0 aliphatic carbocycles. The van der Waals surface area contributed by atoms with E-state index in [-0.39, 0.29) is 6.04 Å². The number of thiophene rings is 1. The molecule has 2 N–H and O–H groups in total. The summed E-state index contributed by atoms with van der Waals surface area (Å²) < 4.78 is 0. The SMILES string of the molecule is CN(C)C(CNC(=O)C(=O)NCc1cccs1)c1cccc2ccccc12. The van der Waals surface area contributed by atoms with Gasteiger partial charge in [-0.05, 0) is 41.9 Å². The molecular weight excluding hydrogens is 358 g/mol. The van der Waals surface area contributed by atoms with Crippen LogP contribution in [0.1, 0.15) is 16.5 Å². The lowest BCUT2D eigenvalue weighted by Crippen LogP contribution is -2.42. The second kappa shape index (κ2) is 8.79. The van der Waals surface area contributed by atoms with Gasteiger partial charge in [0.1, 0.15) is 0 Å². The summed E-state index contributed by atoms with van der Waals surface area (Å²) in [5.74, 6) is -1.22. The Morgan fingerprint density at radius 1 is 0.963 bits per heavy atom. The van der Waals surface area contributed by atoms with Crippen molar-refractivity contribution in [3.8, 4) is 0 Å². The first kappa shape index (κ1) is 19.1. The number of carbonyl (C=O) groups is 2. The van der Waals surface area contributed by atoms with Crippen LogP contribution in [0.15, 0.2) is 60.0 Å². The van der Waals surface area contributed by atoms with E-state index in [4.69, 9.17) is 0 Å². The molecular formula is C21H23N3O2S. The summed E-state index contributed by atoms with van der Waals surface area (Å²) in [5, 5.41) is 9.66. The summed E-state index contributed by atoms with van der Waals surface area (Å²) in [6.45, 7) is 0.719. The van der Waals surface area contributed by atoms with Gasteiger partial charge in [-0.2, -0.15) is 0 Å². The minimum Gasteiger partial charge on any atom is -0.346 e. The van der Waals surface area contributed by atoms with Crippen LogP contribution in [0.2, 0.25) is 0 Å². The third kappa shape index (κ3) is 4.72. The first-order valence-corrected chi connectivity index (χ1v) is 9.66. The zero-order chi connectivity index (χ0) is 19.2. The van der Waals surface area contributed by atoms with Crippen molar-refractivity contribution in [1.82, 2.24) is 15.5 Å². The Bertz CT molecular complexity index is 917. The fourth-order valence-corrected chi connectivity index (χ4v) is 3.69. The van der Waals surface area contributed by atoms with Crippen LogP contribution in [0, 0.1) is 0 Å². The first-order valence-electron chi connectivity index (χ1n) is 8.78. The molecule has 1 heterocycles. The van der Waals surface area contributed by atoms with Crippen LogP contribution in [-0.4, -0.2) is 37.4 Å². The summed E-state index contributed by atoms with van der Waals surface area (Å²) in [6, 6.07) is 18.1. The molecule has 0 saturated carbocycles. The minimum atomic E-state index is -0.612. The summed E-state index contributed by atoms with van der Waals surface area (Å²) in [5.41, 5.74) is 1.12. The van der Waals surface area contributed by atoms with Crippen LogP contribution in [0.5, 0.6) is 0 Å². The zero-order valence-corrected chi connectivity index (χ0v) is 16.3. The van der Waals surface area contributed by atoms with E-state index >= 15 is 0 Å². The number of hydrogen-bond donors (Lipinski definition) is 2. The number of likely N-dealkylation sites (N-methyl/N-ethyl adjacent to an activating group) is 1. The van der Waals surface area contributed by atoms with Gasteiger partial charge < -0.3 is 15.5 Å². The molecule has 1 aromatic heterocycles. The summed E-state index contributed by atoms with van der Waals surface area (Å²) in [7, 11) is 3.94. The van der Waals surface area contributed by atoms with Gasteiger partial charge in [0, 0.05) is 11.4 Å². The largest absolute Gasteiger partial charge is 0.346 e. The molecule has 2 amide bonds. The standard InChI is InChI=1S/C21H23N3O2S/c1-24(2)19(18-11-5-8-15-7-3-4-10-17(15)18)14-23-21(26)20(25)22-13-16-9-6-12-27-16/h3-12,19H,13-14H2,1-2H3,(H,22,25)(H,23,26). The molecule has 27 heavy (non-hydrogen) atoms. The lowest BCUT2D eigenvalue weighted by molar-refractivity contribution is -0.139. The van der Waals surface area contributed by atoms with Gasteiger partial charge in [0.05, 0.1) is 12.6 Å². The van der Waals surface area contributed by atoms with E-state index < -0.39 is 11.8 Å². The van der Waals surface area contributed by atoms with Crippen molar-refractivity contribution in [2.24, 2.45) is 0 Å². The predicted octanol–water partition coefficient (Wildman–Crippen LogP) is 2.94. The number of amides is 2. The number of carbonyl (C=O) groups excluding carboxylic acids is 2. The quantitative estimate of drug-likeness (QED) is 0.646. The molecule has 1 unspecified atom stereocenters. The maximum atomic E-state index is 12.2. The van der Waals surface area contributed by atoms with Crippen molar-refractivity contribution in [3.63, 3.8) is 0 Å². The summed E-state index contributed by atoms with van der Waals surface area (Å²) >= 11 is 1.54. The Balaban J connectivity index is 1.66. The van der Waals surface area contributed by atoms with Crippen molar-refractivity contribution >= 4 is 33.9 Å². The van der Waals surface area contributed by atoms with Crippen LogP contribution < -0.4 is 10.6 Å². The summed E-state index contributed by atoms with van der Waals surface area (Å²) in [6.07, 6.45) is 0. The fraction of sp³-hybridized carbons (Fsp3) is 0.238. The van der Waals surface area contributed by atoms with Crippen LogP contribution in [0.25, 0.3) is 10.8 Å². The zero-order valence-electron chi connectivity index (χ0n) is 15.4. The van der Waals surface area contributed by atoms with Gasteiger partial charge >= 0.3 is 11.8 Å². The molecule has 3 rings (SSSR count). The van der Waals surface area contributed by atoms with Gasteiger partial charge in [0.2, 0.25) is 0 Å². The van der Waals surface area contributed by atoms with E-state index in [2.05, 4.69) is 34.9 Å². The van der Waals surface area contributed by atoms with Gasteiger partial charge in [-0.1, -0.05) is 48.5 Å². The van der Waals surface area contributed by atoms with Gasteiger partial charge in [-0.25, -0.2) is 0 Å². The molecule has 0 bridgehead atoms. The monoisotopic (exact) mass is 381 g/mol. The molecule has 0 saturated heterocycles. The highest BCUT2D eigenvalue weighted by atomic mass is 32.1. The van der Waals surface area contributed by atoms with Gasteiger partial charge in [0.25, 0.3) is 0 Å². The Labute approximate surface area is 163 Å². The molecule has 6 heteroatoms. The van der Waals surface area contributed by atoms with Crippen molar-refractivity contribution in [2.45, 2.75) is 12.6 Å². The Hall–Kier alpha value is -2.70. The van der Waals surface area contributed by atoms with Gasteiger partial charge in [-0.15, -0.1) is 11.3 Å². The van der Waals surface area contributed by atoms with E-state index in [1.54, 1.807) is 11.3 Å². The Morgan fingerprint density at radius 3 is 2.44 bits per heavy atom. The van der Waals surface area contributed by atoms with Crippen LogP contribution in [0.4, 0.5) is 0 Å². The maximum absolute atomic E-state index is 12.2. The second-order valence-corrected chi connectivity index (χ2v) is 7.55. The molecule has 5 nitrogen and oxygen atoms in total. The molecule has 0 spiro atoms. The first-order chi connectivity index (χ1) is 13.1. The highest BCUT2D eigenvalue weighted by Crippen LogP contribution is 2.26. The highest BCUT2D eigenvalue weighted by molar-refractivity contribution is 7.09. The fourth-order valence-electron chi connectivity index (χ4n) is 3.04. The molecule has 0 aliphatic heterocycles. The number of benzene rings is 2. The number of hydrogen-bond acceptors (Lipinski definition) is 4. The van der Waals surface area contributed by atoms with Crippen LogP contribution in [0.3, 0.4) is 0 Å². The van der Waals surface area contributed by atoms with Gasteiger partial charge in [0.15, 0.2) is 0 Å². The smallest absolute Gasteiger partial charge is 0.309 e. The van der Waals surface area contributed by atoms with E-state index in [1.807, 2.05) is 54.7 Å². The van der Waals surface area contributed by atoms with E-state index in [1.165, 1.54) is 0 Å². The molecule has 140 valence electrons. The maximum Gasteiger partial charge on any atom is 0.309 e. The summed E-state index contributed by atoms with van der Waals surface area (Å²) in [4.78, 5) is 27.3. The predicted molar refractivity (Wildman–Crippen MR) is 110 cm³/mol. The number of fused-ring (bicyclic) bond motifs is 1. The molecule has 0 fully saturated rings. The number of rotatable bonds is 6. The Kier molecular flexibility index (Phi) is 6.21. The van der Waals surface area contributed by atoms with Crippen molar-refractivity contribution < 1.29 is 9.59 Å². The molecule has 3 aromatic rings. The van der Waals surface area contributed by atoms with Crippen LogP contribution >= 0.6 is 11.3 Å². The van der Waals surface area contributed by atoms with E-state index in [0.717, 1.165) is 21.2 Å². The number of nitrogens with zero attached hydrogens (tertiary/aromatic N) is 1. The molecule has 0 aliphatic rings. The third-order valence-corrected chi connectivity index (χ3v) is 5.35. The lowest BCUT2D eigenvalue weighted by atomic mass is 9.98. The van der Waals surface area contributed by atoms with Crippen LogP contribution in [-0.2, 0) is 16.1 Å². The normalized spacial score (nSPS) is 12.1. The highest BCUT2D eigenvalue weighted by Gasteiger charge is 2.20. The number of nitrogens with one attached hydrogen (secondary N) is 2. The average Bonchev–Trinajstić information content (AvgIpc) is 3.19. The van der Waals surface area contributed by atoms with Gasteiger partial charge in [-0.3, -0.25) is 9.59 Å². The molecule has 2 aromatic carbocycles.